The quantitative estimate of drug-likeness (QED) is 0.245. The molecule has 0 saturated heterocycles. The van der Waals surface area contributed by atoms with Gasteiger partial charge in [-0.2, -0.15) is 13.2 Å². The molecule has 0 aliphatic carbocycles. The summed E-state index contributed by atoms with van der Waals surface area (Å²) in [6.07, 6.45) is 0.0886. The lowest BCUT2D eigenvalue weighted by Crippen LogP contribution is -2.31. The first-order valence-electron chi connectivity index (χ1n) is 10.9. The van der Waals surface area contributed by atoms with E-state index in [9.17, 15) is 13.2 Å². The maximum atomic E-state index is 12.8. The molecule has 0 radical (unpaired) electrons. The van der Waals surface area contributed by atoms with E-state index in [0.717, 1.165) is 68.7 Å². The number of alkyl halides is 3. The van der Waals surface area contributed by atoms with Gasteiger partial charge in [0.15, 0.2) is 5.82 Å². The molecule has 2 aromatic carbocycles. The van der Waals surface area contributed by atoms with Gasteiger partial charge in [-0.3, -0.25) is 9.88 Å². The molecule has 0 saturated carbocycles. The van der Waals surface area contributed by atoms with Crippen molar-refractivity contribution in [1.82, 2.24) is 19.9 Å². The number of halogens is 5. The molecule has 3 heterocycles. The fourth-order valence-corrected chi connectivity index (χ4v) is 5.40. The molecule has 5 rings (SSSR count). The first-order chi connectivity index (χ1) is 16.7. The van der Waals surface area contributed by atoms with E-state index >= 15 is 0 Å². The van der Waals surface area contributed by atoms with Gasteiger partial charge in [0.1, 0.15) is 0 Å². The van der Waals surface area contributed by atoms with Crippen LogP contribution in [0.25, 0.3) is 22.6 Å². The highest BCUT2D eigenvalue weighted by atomic mass is 79.9. The Labute approximate surface area is 217 Å². The van der Waals surface area contributed by atoms with E-state index in [1.54, 1.807) is 6.20 Å². The SMILES string of the molecule is FC(F)(F)c1ccc(-c2ncc3c(n2)CCN(Cc2ccc(-c4cc(Br)cc(Br)c4)nc2)C3)cc1. The second-order valence-electron chi connectivity index (χ2n) is 8.41. The molecule has 2 aromatic heterocycles. The predicted molar refractivity (Wildman–Crippen MR) is 135 cm³/mol. The Morgan fingerprint density at radius 2 is 1.60 bits per heavy atom. The fourth-order valence-electron chi connectivity index (χ4n) is 4.11. The number of benzene rings is 2. The third-order valence-electron chi connectivity index (χ3n) is 5.87. The molecule has 4 aromatic rings. The summed E-state index contributed by atoms with van der Waals surface area (Å²) in [5, 5.41) is 0. The van der Waals surface area contributed by atoms with Gasteiger partial charge in [0.05, 0.1) is 17.0 Å². The maximum absolute atomic E-state index is 12.8. The molecule has 0 unspecified atom stereocenters. The molecule has 9 heteroatoms. The molecule has 4 nitrogen and oxygen atoms in total. The Hall–Kier alpha value is -2.62. The number of hydrogen-bond donors (Lipinski definition) is 0. The predicted octanol–water partition coefficient (Wildman–Crippen LogP) is 7.31. The minimum Gasteiger partial charge on any atom is -0.294 e. The highest BCUT2D eigenvalue weighted by Gasteiger charge is 2.30. The summed E-state index contributed by atoms with van der Waals surface area (Å²) in [4.78, 5) is 16.0. The van der Waals surface area contributed by atoms with Crippen LogP contribution in [0.15, 0.2) is 75.9 Å². The van der Waals surface area contributed by atoms with Crippen molar-refractivity contribution < 1.29 is 13.2 Å². The summed E-state index contributed by atoms with van der Waals surface area (Å²) in [6.45, 7) is 2.30. The van der Waals surface area contributed by atoms with Crippen LogP contribution in [0, 0.1) is 0 Å². The standard InChI is InChI=1S/C26H19Br2F3N4/c27-21-9-18(10-22(28)11-21)23-6-1-16(12-32-23)14-35-8-7-24-19(15-35)13-33-25(34-24)17-2-4-20(5-3-17)26(29,30)31/h1-6,9-13H,7-8,14-15H2. The number of fused-ring (bicyclic) bond motifs is 1. The van der Waals surface area contributed by atoms with Gasteiger partial charge >= 0.3 is 6.18 Å². The van der Waals surface area contributed by atoms with Crippen LogP contribution in [0.5, 0.6) is 0 Å². The Bertz CT molecular complexity index is 1340. The zero-order valence-electron chi connectivity index (χ0n) is 18.4. The van der Waals surface area contributed by atoms with Crippen LogP contribution in [0.1, 0.15) is 22.4 Å². The van der Waals surface area contributed by atoms with Gasteiger partial charge in [-0.05, 0) is 42.0 Å². The Morgan fingerprint density at radius 1 is 0.857 bits per heavy atom. The largest absolute Gasteiger partial charge is 0.416 e. The number of aromatic nitrogens is 3. The monoisotopic (exact) mass is 602 g/mol. The average molecular weight is 604 g/mol. The van der Waals surface area contributed by atoms with Crippen molar-refractivity contribution in [3.8, 4) is 22.6 Å². The van der Waals surface area contributed by atoms with Crippen LogP contribution < -0.4 is 0 Å². The van der Waals surface area contributed by atoms with Gasteiger partial charge < -0.3 is 0 Å². The summed E-state index contributed by atoms with van der Waals surface area (Å²) in [5.74, 6) is 0.449. The van der Waals surface area contributed by atoms with Crippen molar-refractivity contribution in [2.75, 3.05) is 6.54 Å². The van der Waals surface area contributed by atoms with E-state index in [2.05, 4.69) is 57.8 Å². The van der Waals surface area contributed by atoms with Crippen molar-refractivity contribution in [3.05, 3.63) is 98.3 Å². The molecule has 1 aliphatic rings. The number of pyridine rings is 1. The first-order valence-corrected chi connectivity index (χ1v) is 12.5. The van der Waals surface area contributed by atoms with Gasteiger partial charge in [-0.15, -0.1) is 0 Å². The third-order valence-corrected chi connectivity index (χ3v) is 6.79. The van der Waals surface area contributed by atoms with E-state index in [4.69, 9.17) is 0 Å². The molecular formula is C26H19Br2F3N4. The Morgan fingerprint density at radius 3 is 2.26 bits per heavy atom. The zero-order valence-corrected chi connectivity index (χ0v) is 21.5. The molecule has 0 atom stereocenters. The van der Waals surface area contributed by atoms with Gasteiger partial charge in [0, 0.05) is 64.1 Å². The third kappa shape index (κ3) is 5.63. The highest BCUT2D eigenvalue weighted by Crippen LogP contribution is 2.31. The molecule has 0 N–H and O–H groups in total. The summed E-state index contributed by atoms with van der Waals surface area (Å²) in [5.41, 5.74) is 4.94. The number of rotatable bonds is 4. The lowest BCUT2D eigenvalue weighted by molar-refractivity contribution is -0.137. The minimum atomic E-state index is -4.36. The van der Waals surface area contributed by atoms with E-state index in [0.29, 0.717) is 17.9 Å². The van der Waals surface area contributed by atoms with Crippen LogP contribution in [0.4, 0.5) is 13.2 Å². The van der Waals surface area contributed by atoms with Crippen molar-refractivity contribution in [2.45, 2.75) is 25.7 Å². The Balaban J connectivity index is 1.26. The van der Waals surface area contributed by atoms with Crippen LogP contribution >= 0.6 is 31.9 Å². The topological polar surface area (TPSA) is 41.9 Å². The highest BCUT2D eigenvalue weighted by molar-refractivity contribution is 9.11. The number of hydrogen-bond acceptors (Lipinski definition) is 4. The molecule has 0 amide bonds. The smallest absolute Gasteiger partial charge is 0.294 e. The lowest BCUT2D eigenvalue weighted by Gasteiger charge is -2.28. The molecule has 0 fully saturated rings. The van der Waals surface area contributed by atoms with E-state index < -0.39 is 11.7 Å². The van der Waals surface area contributed by atoms with E-state index in [1.165, 1.54) is 12.1 Å². The van der Waals surface area contributed by atoms with Crippen molar-refractivity contribution in [3.63, 3.8) is 0 Å². The number of nitrogens with zero attached hydrogens (tertiary/aromatic N) is 4. The van der Waals surface area contributed by atoms with Gasteiger partial charge in [-0.1, -0.05) is 50.1 Å². The average Bonchev–Trinajstić information content (AvgIpc) is 2.83. The van der Waals surface area contributed by atoms with E-state index in [-0.39, 0.29) is 0 Å². The van der Waals surface area contributed by atoms with E-state index in [1.807, 2.05) is 30.5 Å². The van der Waals surface area contributed by atoms with Crippen molar-refractivity contribution in [2.24, 2.45) is 0 Å². The zero-order chi connectivity index (χ0) is 24.6. The summed E-state index contributed by atoms with van der Waals surface area (Å²) < 4.78 is 40.4. The molecule has 0 bridgehead atoms. The second kappa shape index (κ2) is 9.79. The Kier molecular flexibility index (Phi) is 6.74. The van der Waals surface area contributed by atoms with Crippen LogP contribution in [0.2, 0.25) is 0 Å². The van der Waals surface area contributed by atoms with Crippen LogP contribution in [-0.4, -0.2) is 26.4 Å². The van der Waals surface area contributed by atoms with Gasteiger partial charge in [0.2, 0.25) is 0 Å². The summed E-state index contributed by atoms with van der Waals surface area (Å²) in [7, 11) is 0. The molecular weight excluding hydrogens is 585 g/mol. The molecule has 178 valence electrons. The molecule has 0 spiro atoms. The minimum absolute atomic E-state index is 0.449. The lowest BCUT2D eigenvalue weighted by atomic mass is 10.1. The summed E-state index contributed by atoms with van der Waals surface area (Å²) in [6, 6.07) is 15.1. The first kappa shape index (κ1) is 24.1. The van der Waals surface area contributed by atoms with Crippen LogP contribution in [0.3, 0.4) is 0 Å². The molecule has 1 aliphatic heterocycles. The second-order valence-corrected chi connectivity index (χ2v) is 10.2. The maximum Gasteiger partial charge on any atom is 0.416 e. The fraction of sp³-hybridized carbons (Fsp3) is 0.192. The molecule has 35 heavy (non-hydrogen) atoms. The summed E-state index contributed by atoms with van der Waals surface area (Å²) >= 11 is 7.03. The van der Waals surface area contributed by atoms with Crippen LogP contribution in [-0.2, 0) is 25.7 Å². The van der Waals surface area contributed by atoms with Crippen molar-refractivity contribution >= 4 is 31.9 Å². The van der Waals surface area contributed by atoms with Gasteiger partial charge in [-0.25, -0.2) is 9.97 Å². The van der Waals surface area contributed by atoms with Gasteiger partial charge in [0.25, 0.3) is 0 Å². The van der Waals surface area contributed by atoms with Crippen molar-refractivity contribution in [1.29, 1.82) is 0 Å². The normalized spacial score (nSPS) is 14.1.